The Balaban J connectivity index is 2.56. The van der Waals surface area contributed by atoms with Crippen molar-refractivity contribution in [2.45, 2.75) is 20.1 Å². The second kappa shape index (κ2) is 8.48. The van der Waals surface area contributed by atoms with E-state index in [-0.39, 0.29) is 6.54 Å². The number of anilines is 1. The molecule has 0 fully saturated rings. The van der Waals surface area contributed by atoms with Gasteiger partial charge in [0.15, 0.2) is 23.7 Å². The summed E-state index contributed by atoms with van der Waals surface area (Å²) in [6.45, 7) is 4.35. The van der Waals surface area contributed by atoms with Crippen molar-refractivity contribution in [3.63, 3.8) is 0 Å². The molecule has 0 unspecified atom stereocenters. The summed E-state index contributed by atoms with van der Waals surface area (Å²) in [4.78, 5) is 11.6. The average molecular weight is 306 g/mol. The van der Waals surface area contributed by atoms with Gasteiger partial charge in [0.1, 0.15) is 0 Å². The Bertz CT molecular complexity index is 480. The zero-order chi connectivity index (χ0) is 15.8. The van der Waals surface area contributed by atoms with Gasteiger partial charge in [0.2, 0.25) is 0 Å². The van der Waals surface area contributed by atoms with Crippen LogP contribution in [0.25, 0.3) is 0 Å². The first-order valence-electron chi connectivity index (χ1n) is 6.41. The fourth-order valence-corrected chi connectivity index (χ4v) is 1.50. The van der Waals surface area contributed by atoms with Crippen LogP contribution in [0.2, 0.25) is 0 Å². The molecule has 0 atom stereocenters. The lowest BCUT2D eigenvalue weighted by molar-refractivity contribution is -0.131. The van der Waals surface area contributed by atoms with E-state index in [1.54, 1.807) is 13.8 Å². The third kappa shape index (κ3) is 5.24. The Morgan fingerprint density at radius 3 is 2.33 bits per heavy atom. The van der Waals surface area contributed by atoms with E-state index in [1.165, 1.54) is 0 Å². The Morgan fingerprint density at radius 2 is 1.76 bits per heavy atom. The van der Waals surface area contributed by atoms with Gasteiger partial charge >= 0.3 is 6.03 Å². The van der Waals surface area contributed by atoms with E-state index in [1.807, 2.05) is 0 Å². The van der Waals surface area contributed by atoms with Crippen molar-refractivity contribution in [2.75, 3.05) is 25.1 Å². The Kier molecular flexibility index (Phi) is 6.97. The first-order chi connectivity index (χ1) is 9.99. The predicted molar refractivity (Wildman–Crippen MR) is 70.4 cm³/mol. The topological polar surface area (TPSA) is 59.6 Å². The summed E-state index contributed by atoms with van der Waals surface area (Å²) in [5.41, 5.74) is -0.462. The van der Waals surface area contributed by atoms with Crippen molar-refractivity contribution in [3.8, 4) is 0 Å². The van der Waals surface area contributed by atoms with E-state index in [4.69, 9.17) is 9.47 Å². The molecule has 2 amide bonds. The van der Waals surface area contributed by atoms with Gasteiger partial charge in [-0.05, 0) is 26.0 Å². The van der Waals surface area contributed by atoms with Crippen LogP contribution < -0.4 is 10.6 Å². The molecular weight excluding hydrogens is 289 g/mol. The molecule has 0 aliphatic rings. The van der Waals surface area contributed by atoms with Gasteiger partial charge in [-0.25, -0.2) is 18.0 Å². The summed E-state index contributed by atoms with van der Waals surface area (Å²) in [6.07, 6.45) is -0.638. The highest BCUT2D eigenvalue weighted by molar-refractivity contribution is 5.89. The molecule has 0 heterocycles. The molecule has 0 bridgehead atoms. The molecule has 2 N–H and O–H groups in total. The van der Waals surface area contributed by atoms with E-state index in [0.29, 0.717) is 13.2 Å². The monoisotopic (exact) mass is 306 g/mol. The van der Waals surface area contributed by atoms with Gasteiger partial charge < -0.3 is 20.1 Å². The maximum absolute atomic E-state index is 13.4. The Morgan fingerprint density at radius 1 is 1.14 bits per heavy atom. The molecule has 0 aromatic heterocycles. The summed E-state index contributed by atoms with van der Waals surface area (Å²) in [7, 11) is 0. The van der Waals surface area contributed by atoms with E-state index in [0.717, 1.165) is 12.1 Å². The number of carbonyl (C=O) groups is 1. The van der Waals surface area contributed by atoms with Crippen LogP contribution in [0.15, 0.2) is 12.1 Å². The lowest BCUT2D eigenvalue weighted by Gasteiger charge is -2.17. The molecule has 0 spiro atoms. The predicted octanol–water partition coefficient (Wildman–Crippen LogP) is 2.62. The molecule has 0 aliphatic carbocycles. The second-order valence-corrected chi connectivity index (χ2v) is 3.90. The molecule has 0 radical (unpaired) electrons. The van der Waals surface area contributed by atoms with Crippen LogP contribution in [-0.4, -0.2) is 32.1 Å². The first kappa shape index (κ1) is 17.3. The van der Waals surface area contributed by atoms with Gasteiger partial charge in [-0.2, -0.15) is 0 Å². The van der Waals surface area contributed by atoms with Crippen LogP contribution in [0.3, 0.4) is 0 Å². The molecule has 21 heavy (non-hydrogen) atoms. The maximum Gasteiger partial charge on any atom is 0.319 e. The SMILES string of the molecule is CCOC(CNC(=O)Nc1ccc(F)c(F)c1F)OCC. The molecule has 1 rings (SSSR count). The summed E-state index contributed by atoms with van der Waals surface area (Å²) in [5.74, 6) is -4.43. The second-order valence-electron chi connectivity index (χ2n) is 3.90. The fraction of sp³-hybridized carbons (Fsp3) is 0.462. The van der Waals surface area contributed by atoms with Crippen molar-refractivity contribution in [1.82, 2.24) is 5.32 Å². The van der Waals surface area contributed by atoms with E-state index >= 15 is 0 Å². The van der Waals surface area contributed by atoms with E-state index in [9.17, 15) is 18.0 Å². The number of urea groups is 1. The number of carbonyl (C=O) groups excluding carboxylic acids is 1. The molecular formula is C13H17F3N2O3. The van der Waals surface area contributed by atoms with Crippen LogP contribution in [0, 0.1) is 17.5 Å². The smallest absolute Gasteiger partial charge is 0.319 e. The van der Waals surface area contributed by atoms with Gasteiger partial charge in [-0.3, -0.25) is 0 Å². The van der Waals surface area contributed by atoms with Crippen LogP contribution in [0.5, 0.6) is 0 Å². The highest BCUT2D eigenvalue weighted by atomic mass is 19.2. The van der Waals surface area contributed by atoms with Crippen molar-refractivity contribution in [3.05, 3.63) is 29.6 Å². The number of rotatable bonds is 7. The van der Waals surface area contributed by atoms with Crippen LogP contribution >= 0.6 is 0 Å². The van der Waals surface area contributed by atoms with Gasteiger partial charge in [0.25, 0.3) is 0 Å². The summed E-state index contributed by atoms with van der Waals surface area (Å²) in [5, 5.41) is 4.45. The minimum Gasteiger partial charge on any atom is -0.351 e. The third-order valence-electron chi connectivity index (χ3n) is 2.42. The van der Waals surface area contributed by atoms with Crippen molar-refractivity contribution in [2.24, 2.45) is 0 Å². The zero-order valence-electron chi connectivity index (χ0n) is 11.7. The van der Waals surface area contributed by atoms with Crippen LogP contribution in [0.4, 0.5) is 23.7 Å². The first-order valence-corrected chi connectivity index (χ1v) is 6.41. The number of hydrogen-bond donors (Lipinski definition) is 2. The molecule has 1 aromatic carbocycles. The maximum atomic E-state index is 13.4. The third-order valence-corrected chi connectivity index (χ3v) is 2.42. The number of hydrogen-bond acceptors (Lipinski definition) is 3. The van der Waals surface area contributed by atoms with Gasteiger partial charge in [0.05, 0.1) is 12.2 Å². The Labute approximate surface area is 120 Å². The molecule has 1 aromatic rings. The Hall–Kier alpha value is -1.80. The number of ether oxygens (including phenoxy) is 2. The fourth-order valence-electron chi connectivity index (χ4n) is 1.50. The number of nitrogens with one attached hydrogen (secondary N) is 2. The largest absolute Gasteiger partial charge is 0.351 e. The molecule has 8 heteroatoms. The van der Waals surface area contributed by atoms with Crippen molar-refractivity contribution < 1.29 is 27.4 Å². The van der Waals surface area contributed by atoms with E-state index < -0.39 is 35.5 Å². The van der Waals surface area contributed by atoms with E-state index in [2.05, 4.69) is 10.6 Å². The van der Waals surface area contributed by atoms with Gasteiger partial charge in [0, 0.05) is 13.2 Å². The highest BCUT2D eigenvalue weighted by Gasteiger charge is 2.16. The molecule has 118 valence electrons. The number of halogens is 3. The minimum absolute atomic E-state index is 0.0266. The van der Waals surface area contributed by atoms with Crippen LogP contribution in [-0.2, 0) is 9.47 Å². The van der Waals surface area contributed by atoms with Gasteiger partial charge in [-0.15, -0.1) is 0 Å². The number of amides is 2. The molecule has 0 saturated heterocycles. The lowest BCUT2D eigenvalue weighted by atomic mass is 10.3. The van der Waals surface area contributed by atoms with Crippen molar-refractivity contribution in [1.29, 1.82) is 0 Å². The highest BCUT2D eigenvalue weighted by Crippen LogP contribution is 2.19. The summed E-state index contributed by atoms with van der Waals surface area (Å²) in [6, 6.07) is 0.858. The standard InChI is InChI=1S/C13H17F3N2O3/c1-3-20-10(21-4-2)7-17-13(19)18-9-6-5-8(14)11(15)12(9)16/h5-6,10H,3-4,7H2,1-2H3,(H2,17,18,19). The molecule has 0 aliphatic heterocycles. The van der Waals surface area contributed by atoms with Crippen molar-refractivity contribution >= 4 is 11.7 Å². The lowest BCUT2D eigenvalue weighted by Crippen LogP contribution is -2.38. The average Bonchev–Trinajstić information content (AvgIpc) is 2.46. The minimum atomic E-state index is -1.64. The molecule has 5 nitrogen and oxygen atoms in total. The van der Waals surface area contributed by atoms with Crippen LogP contribution in [0.1, 0.15) is 13.8 Å². The summed E-state index contributed by atoms with van der Waals surface area (Å²) < 4.78 is 49.5. The zero-order valence-corrected chi connectivity index (χ0v) is 11.7. The summed E-state index contributed by atoms with van der Waals surface area (Å²) >= 11 is 0. The quantitative estimate of drug-likeness (QED) is 0.601. The normalized spacial score (nSPS) is 10.8. The van der Waals surface area contributed by atoms with Gasteiger partial charge in [-0.1, -0.05) is 0 Å². The molecule has 0 saturated carbocycles. The number of benzene rings is 1.